The third-order valence-electron chi connectivity index (χ3n) is 6.23. The van der Waals surface area contributed by atoms with Gasteiger partial charge in [0.1, 0.15) is 5.82 Å². The number of methoxy groups -OCH3 is 1. The quantitative estimate of drug-likeness (QED) is 0.447. The third-order valence-corrected chi connectivity index (χ3v) is 7.28. The maximum absolute atomic E-state index is 11.6. The first-order valence-corrected chi connectivity index (χ1v) is 12.4. The van der Waals surface area contributed by atoms with E-state index in [4.69, 9.17) is 4.74 Å². The van der Waals surface area contributed by atoms with Crippen molar-refractivity contribution in [1.82, 2.24) is 25.2 Å². The van der Waals surface area contributed by atoms with E-state index < -0.39 is 6.10 Å². The van der Waals surface area contributed by atoms with Gasteiger partial charge in [0.25, 0.3) is 0 Å². The molecule has 0 spiro atoms. The number of pyridine rings is 3. The van der Waals surface area contributed by atoms with Crippen LogP contribution in [0.15, 0.2) is 41.4 Å². The van der Waals surface area contributed by atoms with Crippen molar-refractivity contribution in [3.63, 3.8) is 0 Å². The molecule has 10 heteroatoms. The van der Waals surface area contributed by atoms with Gasteiger partial charge in [-0.1, -0.05) is 0 Å². The molecule has 0 aliphatic carbocycles. The molecule has 0 bridgehead atoms. The highest BCUT2D eigenvalue weighted by atomic mass is 32.2. The van der Waals surface area contributed by atoms with E-state index in [1.807, 2.05) is 24.3 Å². The molecule has 3 aromatic rings. The third kappa shape index (κ3) is 5.15. The van der Waals surface area contributed by atoms with Crippen LogP contribution < -0.4 is 15.4 Å². The smallest absolute Gasteiger partial charge is 0.235 e. The van der Waals surface area contributed by atoms with Crippen molar-refractivity contribution in [2.75, 3.05) is 44.4 Å². The zero-order valence-corrected chi connectivity index (χ0v) is 19.8. The Labute approximate surface area is 202 Å². The molecule has 5 rings (SSSR count). The first-order valence-electron chi connectivity index (χ1n) is 11.4. The van der Waals surface area contributed by atoms with E-state index in [0.29, 0.717) is 42.0 Å². The fourth-order valence-corrected chi connectivity index (χ4v) is 5.26. The number of nitrogens with one attached hydrogen (secondary N) is 2. The molecule has 1 amide bonds. The van der Waals surface area contributed by atoms with Crippen molar-refractivity contribution in [3.05, 3.63) is 47.8 Å². The number of aliphatic hydroxyl groups excluding tert-OH is 1. The number of aliphatic hydroxyl groups is 1. The van der Waals surface area contributed by atoms with Gasteiger partial charge in [-0.05, 0) is 49.7 Å². The summed E-state index contributed by atoms with van der Waals surface area (Å²) in [4.78, 5) is 28.3. The zero-order chi connectivity index (χ0) is 23.5. The highest BCUT2D eigenvalue weighted by Gasteiger charge is 2.25. The highest BCUT2D eigenvalue weighted by molar-refractivity contribution is 8.00. The summed E-state index contributed by atoms with van der Waals surface area (Å²) in [6.07, 6.45) is 2.14. The maximum Gasteiger partial charge on any atom is 0.235 e. The van der Waals surface area contributed by atoms with Crippen LogP contribution in [-0.2, 0) is 11.3 Å². The normalized spacial score (nSPS) is 19.1. The molecule has 1 fully saturated rings. The van der Waals surface area contributed by atoms with Gasteiger partial charge >= 0.3 is 0 Å². The van der Waals surface area contributed by atoms with Crippen LogP contribution in [0.4, 0.5) is 5.82 Å². The SMILES string of the molecule is COc1ccc2nccc([C@H](O)CN3CC[C@H](CNCc4ccc5c(n4)NC(=O)CS5)C3)c2n1. The molecule has 1 saturated heterocycles. The predicted molar refractivity (Wildman–Crippen MR) is 131 cm³/mol. The molecule has 0 unspecified atom stereocenters. The van der Waals surface area contributed by atoms with E-state index in [1.165, 1.54) is 11.8 Å². The summed E-state index contributed by atoms with van der Waals surface area (Å²) < 4.78 is 5.24. The van der Waals surface area contributed by atoms with Crippen molar-refractivity contribution < 1.29 is 14.6 Å². The Morgan fingerprint density at radius 1 is 1.29 bits per heavy atom. The Morgan fingerprint density at radius 2 is 2.21 bits per heavy atom. The zero-order valence-electron chi connectivity index (χ0n) is 19.0. The lowest BCUT2D eigenvalue weighted by Gasteiger charge is -2.21. The summed E-state index contributed by atoms with van der Waals surface area (Å²) in [6.45, 7) is 3.96. The Kier molecular flexibility index (Phi) is 6.91. The van der Waals surface area contributed by atoms with Crippen LogP contribution in [0.3, 0.4) is 0 Å². The fraction of sp³-hybridized carbons (Fsp3) is 0.417. The predicted octanol–water partition coefficient (Wildman–Crippen LogP) is 2.22. The van der Waals surface area contributed by atoms with Gasteiger partial charge in [0.05, 0.1) is 40.6 Å². The summed E-state index contributed by atoms with van der Waals surface area (Å²) in [5, 5.41) is 17.3. The monoisotopic (exact) mass is 480 g/mol. The second kappa shape index (κ2) is 10.2. The average molecular weight is 481 g/mol. The van der Waals surface area contributed by atoms with E-state index in [1.54, 1.807) is 19.4 Å². The Morgan fingerprint density at radius 3 is 3.09 bits per heavy atom. The molecule has 2 atom stereocenters. The number of carbonyl (C=O) groups excluding carboxylic acids is 1. The van der Waals surface area contributed by atoms with Gasteiger partial charge in [-0.25, -0.2) is 9.97 Å². The van der Waals surface area contributed by atoms with Gasteiger partial charge in [-0.3, -0.25) is 9.78 Å². The van der Waals surface area contributed by atoms with Crippen molar-refractivity contribution in [3.8, 4) is 5.88 Å². The van der Waals surface area contributed by atoms with Crippen molar-refractivity contribution in [1.29, 1.82) is 0 Å². The molecule has 0 aromatic carbocycles. The van der Waals surface area contributed by atoms with E-state index in [0.717, 1.165) is 47.7 Å². The number of nitrogens with zero attached hydrogens (tertiary/aromatic N) is 4. The summed E-state index contributed by atoms with van der Waals surface area (Å²) in [5.74, 6) is 2.12. The maximum atomic E-state index is 11.6. The summed E-state index contributed by atoms with van der Waals surface area (Å²) in [6, 6.07) is 9.50. The minimum Gasteiger partial charge on any atom is -0.481 e. The van der Waals surface area contributed by atoms with Gasteiger partial charge in [0.15, 0.2) is 0 Å². The molecule has 2 aliphatic heterocycles. The van der Waals surface area contributed by atoms with Crippen LogP contribution in [0.5, 0.6) is 5.88 Å². The molecule has 2 aliphatic rings. The first-order chi connectivity index (χ1) is 16.6. The Bertz CT molecular complexity index is 1190. The molecule has 9 nitrogen and oxygen atoms in total. The standard InChI is InChI=1S/C24H28N6O3S/c1-33-22-5-3-18-23(29-22)17(6-8-26-18)19(31)13-30-9-7-15(12-30)10-25-11-16-2-4-20-24(27-16)28-21(32)14-34-20/h2-6,8,15,19,25,31H,7,9-14H2,1H3,(H,27,28,32)/t15-,19-/m1/s1. The van der Waals surface area contributed by atoms with Gasteiger partial charge in [-0.2, -0.15) is 0 Å². The lowest BCUT2D eigenvalue weighted by atomic mass is 10.1. The number of aromatic nitrogens is 3. The van der Waals surface area contributed by atoms with Crippen LogP contribution in [0.1, 0.15) is 23.8 Å². The molecular formula is C24H28N6O3S. The largest absolute Gasteiger partial charge is 0.481 e. The van der Waals surface area contributed by atoms with Gasteiger partial charge in [0.2, 0.25) is 11.8 Å². The van der Waals surface area contributed by atoms with E-state index in [2.05, 4.69) is 30.5 Å². The number of carbonyl (C=O) groups is 1. The van der Waals surface area contributed by atoms with Crippen molar-refractivity contribution >= 4 is 34.5 Å². The molecule has 5 heterocycles. The summed E-state index contributed by atoms with van der Waals surface area (Å²) in [5.41, 5.74) is 3.11. The number of fused-ring (bicyclic) bond motifs is 2. The molecule has 178 valence electrons. The van der Waals surface area contributed by atoms with Crippen LogP contribution in [0, 0.1) is 5.92 Å². The molecule has 0 saturated carbocycles. The summed E-state index contributed by atoms with van der Waals surface area (Å²) >= 11 is 1.52. The van der Waals surface area contributed by atoms with Crippen LogP contribution in [0.2, 0.25) is 0 Å². The molecule has 3 aromatic heterocycles. The van der Waals surface area contributed by atoms with Crippen LogP contribution in [0.25, 0.3) is 11.0 Å². The lowest BCUT2D eigenvalue weighted by Crippen LogP contribution is -2.29. The molecule has 3 N–H and O–H groups in total. The molecule has 0 radical (unpaired) electrons. The van der Waals surface area contributed by atoms with E-state index >= 15 is 0 Å². The minimum absolute atomic E-state index is 0.00183. The number of amides is 1. The van der Waals surface area contributed by atoms with Crippen molar-refractivity contribution in [2.24, 2.45) is 5.92 Å². The van der Waals surface area contributed by atoms with E-state index in [-0.39, 0.29) is 5.91 Å². The first kappa shape index (κ1) is 23.0. The molecular weight excluding hydrogens is 452 g/mol. The van der Waals surface area contributed by atoms with Gasteiger partial charge < -0.3 is 25.4 Å². The number of hydrogen-bond donors (Lipinski definition) is 3. The number of ether oxygens (including phenoxy) is 1. The van der Waals surface area contributed by atoms with Crippen LogP contribution >= 0.6 is 11.8 Å². The number of thioether (sulfide) groups is 1. The van der Waals surface area contributed by atoms with Crippen molar-refractivity contribution in [2.45, 2.75) is 24.0 Å². The Balaban J connectivity index is 1.13. The number of likely N-dealkylation sites (tertiary alicyclic amines) is 1. The number of anilines is 1. The molecule has 34 heavy (non-hydrogen) atoms. The Hall–Kier alpha value is -2.79. The highest BCUT2D eigenvalue weighted by Crippen LogP contribution is 2.30. The minimum atomic E-state index is -0.649. The fourth-order valence-electron chi connectivity index (χ4n) is 4.51. The number of hydrogen-bond acceptors (Lipinski definition) is 9. The second-order valence-electron chi connectivity index (χ2n) is 8.67. The summed E-state index contributed by atoms with van der Waals surface area (Å²) in [7, 11) is 1.58. The average Bonchev–Trinajstić information content (AvgIpc) is 3.30. The van der Waals surface area contributed by atoms with E-state index in [9.17, 15) is 9.90 Å². The van der Waals surface area contributed by atoms with Gasteiger partial charge in [0, 0.05) is 37.5 Å². The lowest BCUT2D eigenvalue weighted by molar-refractivity contribution is -0.113. The number of β-amino-alcohol motifs (C(OH)–C–C–N with tert-alkyl or cyclic N) is 1. The number of rotatable bonds is 8. The second-order valence-corrected chi connectivity index (χ2v) is 9.69. The van der Waals surface area contributed by atoms with Gasteiger partial charge in [-0.15, -0.1) is 11.8 Å². The topological polar surface area (TPSA) is 113 Å². The van der Waals surface area contributed by atoms with Crippen LogP contribution in [-0.4, -0.2) is 69.9 Å².